The van der Waals surface area contributed by atoms with E-state index in [0.29, 0.717) is 25.3 Å². The molecule has 39 heavy (non-hydrogen) atoms. The smallest absolute Gasteiger partial charge is 0.360 e. The Morgan fingerprint density at radius 2 is 1.95 bits per heavy atom. The summed E-state index contributed by atoms with van der Waals surface area (Å²) in [6.07, 6.45) is 1.16. The van der Waals surface area contributed by atoms with Gasteiger partial charge in [0, 0.05) is 43.4 Å². The van der Waals surface area contributed by atoms with Crippen molar-refractivity contribution in [3.63, 3.8) is 0 Å². The standard InChI is InChI=1S/C24H24ClF2N7O5/c1-12-10-32(6-5-31(12)3)19-8-15(26)18(33-11-17(29-30-33)24(36)39-4)9-16(19)28-23(35)14-7-20(34(37)38)22(27)13(2)21(14)25/h7-9,11-12H,5-6,10H2,1-4H3,(H,28,35). The molecule has 12 nitrogen and oxygen atoms in total. The van der Waals surface area contributed by atoms with Gasteiger partial charge in [-0.1, -0.05) is 16.8 Å². The molecule has 0 bridgehead atoms. The first kappa shape index (κ1) is 27.9. The summed E-state index contributed by atoms with van der Waals surface area (Å²) in [6, 6.07) is 3.37. The Morgan fingerprint density at radius 1 is 1.23 bits per heavy atom. The van der Waals surface area contributed by atoms with Gasteiger partial charge in [-0.25, -0.2) is 13.9 Å². The van der Waals surface area contributed by atoms with E-state index in [0.717, 1.165) is 24.1 Å². The lowest BCUT2D eigenvalue weighted by atomic mass is 10.1. The number of benzene rings is 2. The monoisotopic (exact) mass is 563 g/mol. The van der Waals surface area contributed by atoms with E-state index in [1.165, 1.54) is 19.1 Å². The van der Waals surface area contributed by atoms with Crippen molar-refractivity contribution in [2.45, 2.75) is 19.9 Å². The first-order chi connectivity index (χ1) is 18.4. The predicted molar refractivity (Wildman–Crippen MR) is 138 cm³/mol. The van der Waals surface area contributed by atoms with Gasteiger partial charge in [-0.3, -0.25) is 14.9 Å². The maximum absolute atomic E-state index is 15.4. The summed E-state index contributed by atoms with van der Waals surface area (Å²) in [6.45, 7) is 4.91. The first-order valence-corrected chi connectivity index (χ1v) is 12.0. The van der Waals surface area contributed by atoms with Crippen LogP contribution in [0.1, 0.15) is 33.3 Å². The molecule has 0 aliphatic carbocycles. The second-order valence-corrected chi connectivity index (χ2v) is 9.42. The van der Waals surface area contributed by atoms with Gasteiger partial charge in [0.05, 0.1) is 40.2 Å². The molecule has 1 fully saturated rings. The number of nitro benzene ring substituents is 1. The van der Waals surface area contributed by atoms with E-state index in [4.69, 9.17) is 11.6 Å². The molecule has 1 N–H and O–H groups in total. The lowest BCUT2D eigenvalue weighted by molar-refractivity contribution is -0.387. The summed E-state index contributed by atoms with van der Waals surface area (Å²) < 4.78 is 35.4. The van der Waals surface area contributed by atoms with Crippen LogP contribution in [0, 0.1) is 28.7 Å². The Bertz CT molecular complexity index is 1480. The van der Waals surface area contributed by atoms with E-state index in [9.17, 15) is 24.1 Å². The van der Waals surface area contributed by atoms with Crippen LogP contribution in [0.15, 0.2) is 24.4 Å². The molecule has 2 aromatic carbocycles. The average Bonchev–Trinajstić information content (AvgIpc) is 3.39. The summed E-state index contributed by atoms with van der Waals surface area (Å²) in [5, 5.41) is 21.1. The second-order valence-electron chi connectivity index (χ2n) is 9.04. The molecule has 1 unspecified atom stereocenters. The molecule has 1 amide bonds. The van der Waals surface area contributed by atoms with E-state index in [2.05, 4.69) is 25.3 Å². The molecule has 206 valence electrons. The zero-order valence-electron chi connectivity index (χ0n) is 21.4. The van der Waals surface area contributed by atoms with Gasteiger partial charge in [0.1, 0.15) is 5.69 Å². The van der Waals surface area contributed by atoms with Gasteiger partial charge in [-0.2, -0.15) is 4.39 Å². The maximum Gasteiger partial charge on any atom is 0.360 e. The number of aromatic nitrogens is 3. The van der Waals surface area contributed by atoms with E-state index in [-0.39, 0.29) is 39.3 Å². The van der Waals surface area contributed by atoms with E-state index in [1.54, 1.807) is 0 Å². The number of esters is 1. The molecule has 1 atom stereocenters. The van der Waals surface area contributed by atoms with Crippen LogP contribution < -0.4 is 10.2 Å². The van der Waals surface area contributed by atoms with Crippen molar-refractivity contribution < 1.29 is 28.0 Å². The number of nitrogens with zero attached hydrogens (tertiary/aromatic N) is 6. The number of carbonyl (C=O) groups excluding carboxylic acids is 2. The van der Waals surface area contributed by atoms with Crippen molar-refractivity contribution in [3.8, 4) is 5.69 Å². The average molecular weight is 564 g/mol. The molecule has 1 aliphatic rings. The van der Waals surface area contributed by atoms with Crippen LogP contribution in [-0.4, -0.2) is 76.5 Å². The summed E-state index contributed by atoms with van der Waals surface area (Å²) in [7, 11) is 3.12. The molecule has 0 radical (unpaired) electrons. The van der Waals surface area contributed by atoms with Crippen LogP contribution in [0.5, 0.6) is 0 Å². The van der Waals surface area contributed by atoms with Crippen LogP contribution in [0.2, 0.25) is 5.02 Å². The van der Waals surface area contributed by atoms with E-state index >= 15 is 4.39 Å². The molecular formula is C24H24ClF2N7O5. The van der Waals surface area contributed by atoms with Crippen molar-refractivity contribution >= 4 is 40.5 Å². The number of amides is 1. The van der Waals surface area contributed by atoms with Gasteiger partial charge >= 0.3 is 11.7 Å². The van der Waals surface area contributed by atoms with Gasteiger partial charge in [0.25, 0.3) is 5.91 Å². The lowest BCUT2D eigenvalue weighted by Crippen LogP contribution is -2.50. The van der Waals surface area contributed by atoms with Crippen LogP contribution in [0.25, 0.3) is 5.69 Å². The Labute approximate surface area is 226 Å². The number of methoxy groups -OCH3 is 1. The van der Waals surface area contributed by atoms with Crippen LogP contribution in [0.4, 0.5) is 25.8 Å². The number of ether oxygens (including phenoxy) is 1. The summed E-state index contributed by atoms with van der Waals surface area (Å²) in [5.41, 5.74) is -1.35. The Balaban J connectivity index is 1.81. The molecule has 3 aromatic rings. The Kier molecular flexibility index (Phi) is 7.79. The van der Waals surface area contributed by atoms with E-state index in [1.807, 2.05) is 18.9 Å². The Hall–Kier alpha value is -4.17. The third-order valence-corrected chi connectivity index (χ3v) is 7.08. The molecule has 0 spiro atoms. The fourth-order valence-electron chi connectivity index (χ4n) is 4.18. The highest BCUT2D eigenvalue weighted by Crippen LogP contribution is 2.35. The Morgan fingerprint density at radius 3 is 2.59 bits per heavy atom. The third kappa shape index (κ3) is 5.38. The lowest BCUT2D eigenvalue weighted by Gasteiger charge is -2.39. The summed E-state index contributed by atoms with van der Waals surface area (Å²) in [5.74, 6) is -3.52. The summed E-state index contributed by atoms with van der Waals surface area (Å²) in [4.78, 5) is 39.5. The molecule has 4 rings (SSSR count). The number of likely N-dealkylation sites (N-methyl/N-ethyl adjacent to an activating group) is 1. The largest absolute Gasteiger partial charge is 0.464 e. The molecule has 15 heteroatoms. The quantitative estimate of drug-likeness (QED) is 0.271. The predicted octanol–water partition coefficient (Wildman–Crippen LogP) is 3.59. The van der Waals surface area contributed by atoms with Crippen LogP contribution >= 0.6 is 11.6 Å². The van der Waals surface area contributed by atoms with Gasteiger partial charge in [0.2, 0.25) is 5.82 Å². The minimum atomic E-state index is -1.15. The molecule has 2 heterocycles. The zero-order valence-corrected chi connectivity index (χ0v) is 22.1. The van der Waals surface area contributed by atoms with Crippen molar-refractivity contribution in [2.24, 2.45) is 0 Å². The fraction of sp³-hybridized carbons (Fsp3) is 0.333. The molecule has 1 saturated heterocycles. The number of carbonyl (C=O) groups is 2. The van der Waals surface area contributed by atoms with Gasteiger partial charge in [0.15, 0.2) is 11.5 Å². The minimum Gasteiger partial charge on any atom is -0.464 e. The number of halogens is 3. The first-order valence-electron chi connectivity index (χ1n) is 11.7. The van der Waals surface area contributed by atoms with Crippen molar-refractivity contribution in [3.05, 3.63) is 68.0 Å². The highest BCUT2D eigenvalue weighted by Gasteiger charge is 2.28. The van der Waals surface area contributed by atoms with Crippen molar-refractivity contribution in [2.75, 3.05) is 44.0 Å². The number of hydrogen-bond acceptors (Lipinski definition) is 9. The minimum absolute atomic E-state index is 0.111. The number of nitro groups is 1. The fourth-order valence-corrected chi connectivity index (χ4v) is 4.40. The van der Waals surface area contributed by atoms with E-state index < -0.39 is 34.1 Å². The topological polar surface area (TPSA) is 136 Å². The van der Waals surface area contributed by atoms with Crippen molar-refractivity contribution in [1.29, 1.82) is 0 Å². The number of hydrogen-bond donors (Lipinski definition) is 1. The van der Waals surface area contributed by atoms with Gasteiger partial charge < -0.3 is 19.9 Å². The highest BCUT2D eigenvalue weighted by molar-refractivity contribution is 6.35. The van der Waals surface area contributed by atoms with Crippen molar-refractivity contribution in [1.82, 2.24) is 19.9 Å². The number of nitrogens with one attached hydrogen (secondary N) is 1. The molecule has 1 aliphatic heterocycles. The number of rotatable bonds is 6. The molecule has 0 saturated carbocycles. The molecule has 1 aromatic heterocycles. The molecular weight excluding hydrogens is 540 g/mol. The zero-order chi connectivity index (χ0) is 28.6. The third-order valence-electron chi connectivity index (χ3n) is 6.59. The van der Waals surface area contributed by atoms with Crippen LogP contribution in [-0.2, 0) is 4.74 Å². The van der Waals surface area contributed by atoms with Gasteiger partial charge in [-0.15, -0.1) is 5.10 Å². The van der Waals surface area contributed by atoms with Gasteiger partial charge in [-0.05, 0) is 27.0 Å². The summed E-state index contributed by atoms with van der Waals surface area (Å²) >= 11 is 6.19. The second kappa shape index (κ2) is 10.9. The normalized spacial score (nSPS) is 15.8. The van der Waals surface area contributed by atoms with Crippen LogP contribution in [0.3, 0.4) is 0 Å². The number of anilines is 2. The highest BCUT2D eigenvalue weighted by atomic mass is 35.5. The SMILES string of the molecule is COC(=O)c1cn(-c2cc(NC(=O)c3cc([N+](=O)[O-])c(F)c(C)c3Cl)c(N3CCN(C)C(C)C3)cc2F)nn1. The number of piperazine rings is 1. The maximum atomic E-state index is 15.4.